The Hall–Kier alpha value is -2.51. The average Bonchev–Trinajstić information content (AvgIpc) is 3.04. The average molecular weight is 364 g/mol. The molecule has 0 aliphatic carbocycles. The Morgan fingerprint density at radius 1 is 1.23 bits per heavy atom. The molecule has 8 nitrogen and oxygen atoms in total. The first-order valence-corrected chi connectivity index (χ1v) is 8.64. The predicted molar refractivity (Wildman–Crippen MR) is 97.6 cm³/mol. The highest BCUT2D eigenvalue weighted by molar-refractivity contribution is 5.96. The number of nitrogens with zero attached hydrogens (tertiary/aromatic N) is 3. The summed E-state index contributed by atoms with van der Waals surface area (Å²) in [6.07, 6.45) is 0. The van der Waals surface area contributed by atoms with Crippen LogP contribution in [0.3, 0.4) is 0 Å². The standard InChI is InChI=1S/C18H28N4O4/c1-11(2)13-9-22(10-14(13)19-18(24)21(3)4)17(23)12-7-8-15(25-5)20-16(12)26-6/h7-8,11,13-14H,9-10H2,1-6H3,(H,19,24)/t13-,14+/m0/s1. The number of aromatic nitrogens is 1. The number of methoxy groups -OCH3 is 2. The number of amides is 3. The molecule has 0 spiro atoms. The van der Waals surface area contributed by atoms with Crippen molar-refractivity contribution < 1.29 is 19.1 Å². The molecule has 26 heavy (non-hydrogen) atoms. The Balaban J connectivity index is 2.21. The van der Waals surface area contributed by atoms with Gasteiger partial charge >= 0.3 is 6.03 Å². The molecule has 2 heterocycles. The van der Waals surface area contributed by atoms with Crippen LogP contribution in [0.1, 0.15) is 24.2 Å². The third-order valence-corrected chi connectivity index (χ3v) is 4.69. The van der Waals surface area contributed by atoms with E-state index in [1.165, 1.54) is 19.1 Å². The Kier molecular flexibility index (Phi) is 6.28. The van der Waals surface area contributed by atoms with Gasteiger partial charge in [0.05, 0.1) is 20.3 Å². The number of hydrogen-bond donors (Lipinski definition) is 1. The molecule has 1 aliphatic rings. The van der Waals surface area contributed by atoms with Crippen LogP contribution in [-0.4, -0.2) is 74.2 Å². The highest BCUT2D eigenvalue weighted by Crippen LogP contribution is 2.28. The van der Waals surface area contributed by atoms with E-state index >= 15 is 0 Å². The largest absolute Gasteiger partial charge is 0.481 e. The fraction of sp³-hybridized carbons (Fsp3) is 0.611. The van der Waals surface area contributed by atoms with Crippen LogP contribution in [0.5, 0.6) is 11.8 Å². The lowest BCUT2D eigenvalue weighted by atomic mass is 9.91. The third kappa shape index (κ3) is 4.17. The number of nitrogens with one attached hydrogen (secondary N) is 1. The maximum absolute atomic E-state index is 13.0. The predicted octanol–water partition coefficient (Wildman–Crippen LogP) is 1.47. The Labute approximate surface area is 154 Å². The second-order valence-corrected chi connectivity index (χ2v) is 6.98. The molecular formula is C18H28N4O4. The van der Waals surface area contributed by atoms with Crippen LogP contribution in [0.25, 0.3) is 0 Å². The summed E-state index contributed by atoms with van der Waals surface area (Å²) in [5, 5.41) is 3.02. The van der Waals surface area contributed by atoms with Crippen LogP contribution in [0.2, 0.25) is 0 Å². The van der Waals surface area contributed by atoms with Gasteiger partial charge in [-0.2, -0.15) is 4.98 Å². The van der Waals surface area contributed by atoms with Crippen LogP contribution >= 0.6 is 0 Å². The van der Waals surface area contributed by atoms with Crippen molar-refractivity contribution in [3.8, 4) is 11.8 Å². The molecule has 0 aromatic carbocycles. The van der Waals surface area contributed by atoms with Crippen LogP contribution in [0.15, 0.2) is 12.1 Å². The summed E-state index contributed by atoms with van der Waals surface area (Å²) in [7, 11) is 6.38. The molecular weight excluding hydrogens is 336 g/mol. The Bertz CT molecular complexity index is 663. The number of ether oxygens (including phenoxy) is 2. The van der Waals surface area contributed by atoms with Gasteiger partial charge in [-0.1, -0.05) is 13.8 Å². The molecule has 0 bridgehead atoms. The highest BCUT2D eigenvalue weighted by atomic mass is 16.5. The summed E-state index contributed by atoms with van der Waals surface area (Å²) >= 11 is 0. The van der Waals surface area contributed by atoms with E-state index in [4.69, 9.17) is 9.47 Å². The summed E-state index contributed by atoms with van der Waals surface area (Å²) < 4.78 is 10.3. The first kappa shape index (κ1) is 19.8. The van der Waals surface area contributed by atoms with Gasteiger partial charge in [0.1, 0.15) is 5.56 Å². The highest BCUT2D eigenvalue weighted by Gasteiger charge is 2.39. The quantitative estimate of drug-likeness (QED) is 0.855. The normalized spacial score (nSPS) is 19.4. The van der Waals surface area contributed by atoms with Gasteiger partial charge in [0, 0.05) is 39.2 Å². The van der Waals surface area contributed by atoms with Crippen LogP contribution in [0.4, 0.5) is 4.79 Å². The zero-order valence-corrected chi connectivity index (χ0v) is 16.3. The number of carbonyl (C=O) groups is 2. The fourth-order valence-corrected chi connectivity index (χ4v) is 3.14. The number of pyridine rings is 1. The first-order chi connectivity index (χ1) is 12.3. The van der Waals surface area contributed by atoms with Crippen molar-refractivity contribution in [3.63, 3.8) is 0 Å². The molecule has 0 radical (unpaired) electrons. The van der Waals surface area contributed by atoms with Crippen molar-refractivity contribution in [1.82, 2.24) is 20.1 Å². The lowest BCUT2D eigenvalue weighted by molar-refractivity contribution is 0.0778. The minimum atomic E-state index is -0.163. The van der Waals surface area contributed by atoms with Gasteiger partial charge in [0.2, 0.25) is 11.8 Å². The van der Waals surface area contributed by atoms with Crippen LogP contribution in [0, 0.1) is 11.8 Å². The first-order valence-electron chi connectivity index (χ1n) is 8.64. The molecule has 2 atom stereocenters. The van der Waals surface area contributed by atoms with E-state index in [9.17, 15) is 9.59 Å². The second-order valence-electron chi connectivity index (χ2n) is 6.98. The van der Waals surface area contributed by atoms with Gasteiger partial charge in [0.25, 0.3) is 5.91 Å². The number of likely N-dealkylation sites (tertiary alicyclic amines) is 1. The smallest absolute Gasteiger partial charge is 0.317 e. The van der Waals surface area contributed by atoms with Crippen molar-refractivity contribution in [1.29, 1.82) is 0 Å². The number of rotatable bonds is 5. The molecule has 3 amide bonds. The molecule has 1 saturated heterocycles. The van der Waals surface area contributed by atoms with Gasteiger partial charge in [-0.25, -0.2) is 4.79 Å². The number of carbonyl (C=O) groups excluding carboxylic acids is 2. The molecule has 8 heteroatoms. The molecule has 0 unspecified atom stereocenters. The van der Waals surface area contributed by atoms with Gasteiger partial charge in [-0.15, -0.1) is 0 Å². The van der Waals surface area contributed by atoms with E-state index in [0.29, 0.717) is 30.5 Å². The summed E-state index contributed by atoms with van der Waals surface area (Å²) in [5.41, 5.74) is 0.385. The van der Waals surface area contributed by atoms with E-state index in [0.717, 1.165) is 0 Å². The fourth-order valence-electron chi connectivity index (χ4n) is 3.14. The molecule has 2 rings (SSSR count). The molecule has 144 valence electrons. The van der Waals surface area contributed by atoms with Gasteiger partial charge in [-0.3, -0.25) is 4.79 Å². The van der Waals surface area contributed by atoms with E-state index in [2.05, 4.69) is 24.1 Å². The third-order valence-electron chi connectivity index (χ3n) is 4.69. The lowest BCUT2D eigenvalue weighted by Crippen LogP contribution is -2.46. The zero-order chi connectivity index (χ0) is 19.4. The van der Waals surface area contributed by atoms with Crippen molar-refractivity contribution in [2.75, 3.05) is 41.4 Å². The lowest BCUT2D eigenvalue weighted by Gasteiger charge is -2.24. The topological polar surface area (TPSA) is 84.0 Å². The van der Waals surface area contributed by atoms with Gasteiger partial charge in [-0.05, 0) is 12.0 Å². The van der Waals surface area contributed by atoms with E-state index in [-0.39, 0.29) is 29.8 Å². The van der Waals surface area contributed by atoms with Crippen LogP contribution < -0.4 is 14.8 Å². The number of hydrogen-bond acceptors (Lipinski definition) is 5. The maximum Gasteiger partial charge on any atom is 0.317 e. The van der Waals surface area contributed by atoms with Crippen molar-refractivity contribution >= 4 is 11.9 Å². The zero-order valence-electron chi connectivity index (χ0n) is 16.3. The monoisotopic (exact) mass is 364 g/mol. The van der Waals surface area contributed by atoms with Gasteiger partial charge < -0.3 is 24.6 Å². The Morgan fingerprint density at radius 3 is 2.46 bits per heavy atom. The molecule has 1 N–H and O–H groups in total. The van der Waals surface area contributed by atoms with Crippen molar-refractivity contribution in [2.24, 2.45) is 11.8 Å². The van der Waals surface area contributed by atoms with Crippen LogP contribution in [-0.2, 0) is 0 Å². The molecule has 1 aliphatic heterocycles. The molecule has 1 fully saturated rings. The van der Waals surface area contributed by atoms with Gasteiger partial charge in [0.15, 0.2) is 0 Å². The second kappa shape index (κ2) is 8.25. The molecule has 1 aromatic rings. The minimum absolute atomic E-state index is 0.0916. The molecule has 1 aromatic heterocycles. The van der Waals surface area contributed by atoms with E-state index in [1.807, 2.05) is 0 Å². The maximum atomic E-state index is 13.0. The van der Waals surface area contributed by atoms with E-state index in [1.54, 1.807) is 31.1 Å². The summed E-state index contributed by atoms with van der Waals surface area (Å²) in [4.78, 5) is 32.5. The molecule has 0 saturated carbocycles. The number of urea groups is 1. The summed E-state index contributed by atoms with van der Waals surface area (Å²) in [6, 6.07) is 3.05. The SMILES string of the molecule is COc1ccc(C(=O)N2C[C@@H](NC(=O)N(C)C)[C@H](C(C)C)C2)c(OC)n1. The van der Waals surface area contributed by atoms with Crippen molar-refractivity contribution in [3.05, 3.63) is 17.7 Å². The minimum Gasteiger partial charge on any atom is -0.481 e. The summed E-state index contributed by atoms with van der Waals surface area (Å²) in [6.45, 7) is 5.23. The summed E-state index contributed by atoms with van der Waals surface area (Å²) in [5.74, 6) is 0.965. The Morgan fingerprint density at radius 2 is 1.92 bits per heavy atom. The van der Waals surface area contributed by atoms with Crippen molar-refractivity contribution in [2.45, 2.75) is 19.9 Å². The van der Waals surface area contributed by atoms with E-state index < -0.39 is 0 Å².